The van der Waals surface area contributed by atoms with Gasteiger partial charge in [0.05, 0.1) is 0 Å². The number of benzene rings is 1. The average molecular weight is 297 g/mol. The van der Waals surface area contributed by atoms with E-state index in [0.29, 0.717) is 11.5 Å². The van der Waals surface area contributed by atoms with Crippen LogP contribution in [-0.4, -0.2) is 6.04 Å². The molecule has 2 nitrogen and oxygen atoms in total. The lowest BCUT2D eigenvalue weighted by Gasteiger charge is -2.33. The number of halogens is 1. The molecule has 2 rings (SSSR count). The van der Waals surface area contributed by atoms with Gasteiger partial charge in [-0.15, -0.1) is 0 Å². The van der Waals surface area contributed by atoms with Gasteiger partial charge in [-0.05, 0) is 42.4 Å². The van der Waals surface area contributed by atoms with Crippen molar-refractivity contribution in [3.63, 3.8) is 0 Å². The van der Waals surface area contributed by atoms with Crippen molar-refractivity contribution in [1.82, 2.24) is 5.43 Å². The van der Waals surface area contributed by atoms with Crippen molar-refractivity contribution in [1.29, 1.82) is 0 Å². The molecule has 94 valence electrons. The molecule has 0 aliphatic heterocycles. The van der Waals surface area contributed by atoms with Crippen molar-refractivity contribution < 1.29 is 0 Å². The fraction of sp³-hybridized carbons (Fsp3) is 0.571. The van der Waals surface area contributed by atoms with E-state index in [9.17, 15) is 0 Å². The minimum Gasteiger partial charge on any atom is -0.271 e. The lowest BCUT2D eigenvalue weighted by Crippen LogP contribution is -2.47. The normalized spacial score (nSPS) is 20.4. The average Bonchev–Trinajstić information content (AvgIpc) is 2.76. The van der Waals surface area contributed by atoms with Crippen LogP contribution in [0.15, 0.2) is 28.7 Å². The maximum atomic E-state index is 5.76. The molecular formula is C14H21BrN2. The molecule has 1 saturated carbocycles. The fourth-order valence-corrected chi connectivity index (χ4v) is 3.16. The van der Waals surface area contributed by atoms with Crippen LogP contribution >= 0.6 is 15.9 Å². The van der Waals surface area contributed by atoms with Crippen molar-refractivity contribution in [3.05, 3.63) is 34.3 Å². The molecule has 0 saturated heterocycles. The highest BCUT2D eigenvalue weighted by Crippen LogP contribution is 2.41. The largest absolute Gasteiger partial charge is 0.271 e. The predicted molar refractivity (Wildman–Crippen MR) is 75.5 cm³/mol. The Labute approximate surface area is 112 Å². The summed E-state index contributed by atoms with van der Waals surface area (Å²) in [6.07, 6.45) is 6.28. The minimum atomic E-state index is 0.363. The number of nitrogens with one attached hydrogen (secondary N) is 1. The van der Waals surface area contributed by atoms with Crippen molar-refractivity contribution in [2.24, 2.45) is 11.3 Å². The van der Waals surface area contributed by atoms with Crippen LogP contribution in [0.1, 0.15) is 38.2 Å². The summed E-state index contributed by atoms with van der Waals surface area (Å²) in [6.45, 7) is 2.36. The molecule has 0 bridgehead atoms. The van der Waals surface area contributed by atoms with E-state index in [-0.39, 0.29) is 0 Å². The van der Waals surface area contributed by atoms with Crippen molar-refractivity contribution in [2.45, 2.75) is 45.1 Å². The molecular weight excluding hydrogens is 276 g/mol. The number of rotatable bonds is 4. The third kappa shape index (κ3) is 3.09. The first-order chi connectivity index (χ1) is 8.14. The summed E-state index contributed by atoms with van der Waals surface area (Å²) in [7, 11) is 0. The van der Waals surface area contributed by atoms with Gasteiger partial charge in [-0.1, -0.05) is 47.8 Å². The zero-order valence-electron chi connectivity index (χ0n) is 10.4. The Balaban J connectivity index is 2.06. The Morgan fingerprint density at radius 3 is 2.41 bits per heavy atom. The van der Waals surface area contributed by atoms with E-state index in [1.54, 1.807) is 0 Å². The van der Waals surface area contributed by atoms with Gasteiger partial charge in [0.1, 0.15) is 0 Å². The van der Waals surface area contributed by atoms with E-state index >= 15 is 0 Å². The maximum absolute atomic E-state index is 5.76. The first-order valence-corrected chi connectivity index (χ1v) is 7.14. The summed E-state index contributed by atoms with van der Waals surface area (Å²) in [6, 6.07) is 8.92. The van der Waals surface area contributed by atoms with Crippen LogP contribution in [0, 0.1) is 5.41 Å². The van der Waals surface area contributed by atoms with Crippen LogP contribution in [0.25, 0.3) is 0 Å². The first-order valence-electron chi connectivity index (χ1n) is 6.35. The molecule has 0 spiro atoms. The molecule has 1 unspecified atom stereocenters. The van der Waals surface area contributed by atoms with Gasteiger partial charge in [-0.25, -0.2) is 0 Å². The summed E-state index contributed by atoms with van der Waals surface area (Å²) >= 11 is 3.47. The Hall–Kier alpha value is -0.380. The van der Waals surface area contributed by atoms with E-state index in [2.05, 4.69) is 52.5 Å². The van der Waals surface area contributed by atoms with Crippen LogP contribution in [0.5, 0.6) is 0 Å². The molecule has 1 aliphatic rings. The van der Waals surface area contributed by atoms with Crippen LogP contribution in [0.3, 0.4) is 0 Å². The highest BCUT2D eigenvalue weighted by molar-refractivity contribution is 9.10. The predicted octanol–water partition coefficient (Wildman–Crippen LogP) is 3.40. The smallest absolute Gasteiger partial charge is 0.0304 e. The molecule has 0 radical (unpaired) electrons. The van der Waals surface area contributed by atoms with Gasteiger partial charge in [-0.2, -0.15) is 0 Å². The molecule has 1 aliphatic carbocycles. The molecule has 3 heteroatoms. The van der Waals surface area contributed by atoms with Gasteiger partial charge in [0.25, 0.3) is 0 Å². The second kappa shape index (κ2) is 5.51. The summed E-state index contributed by atoms with van der Waals surface area (Å²) in [4.78, 5) is 0. The quantitative estimate of drug-likeness (QED) is 0.660. The highest BCUT2D eigenvalue weighted by Gasteiger charge is 2.36. The van der Waals surface area contributed by atoms with Crippen LogP contribution in [0.2, 0.25) is 0 Å². The summed E-state index contributed by atoms with van der Waals surface area (Å²) in [5.74, 6) is 5.76. The van der Waals surface area contributed by atoms with Crippen molar-refractivity contribution in [3.8, 4) is 0 Å². The Bertz CT molecular complexity index is 355. The zero-order chi connectivity index (χ0) is 12.3. The van der Waals surface area contributed by atoms with Crippen molar-refractivity contribution in [2.75, 3.05) is 0 Å². The first kappa shape index (κ1) is 13.1. The Kier molecular flexibility index (Phi) is 4.23. The molecule has 0 amide bonds. The van der Waals surface area contributed by atoms with Gasteiger partial charge >= 0.3 is 0 Å². The monoisotopic (exact) mass is 296 g/mol. The highest BCUT2D eigenvalue weighted by atomic mass is 79.9. The molecule has 1 aromatic carbocycles. The van der Waals surface area contributed by atoms with Gasteiger partial charge in [0, 0.05) is 10.5 Å². The van der Waals surface area contributed by atoms with E-state index in [1.807, 2.05) is 0 Å². The van der Waals surface area contributed by atoms with Crippen LogP contribution in [-0.2, 0) is 6.42 Å². The topological polar surface area (TPSA) is 38.0 Å². The molecule has 1 aromatic rings. The number of hydrogen-bond donors (Lipinski definition) is 2. The third-order valence-electron chi connectivity index (χ3n) is 4.14. The van der Waals surface area contributed by atoms with Crippen molar-refractivity contribution >= 4 is 15.9 Å². The minimum absolute atomic E-state index is 0.363. The van der Waals surface area contributed by atoms with E-state index < -0.39 is 0 Å². The molecule has 0 heterocycles. The van der Waals surface area contributed by atoms with Gasteiger partial charge in [-0.3, -0.25) is 11.3 Å². The fourth-order valence-electron chi connectivity index (χ4n) is 2.89. The van der Waals surface area contributed by atoms with Crippen LogP contribution in [0.4, 0.5) is 0 Å². The third-order valence-corrected chi connectivity index (χ3v) is 4.67. The van der Waals surface area contributed by atoms with Gasteiger partial charge in [0.15, 0.2) is 0 Å². The summed E-state index contributed by atoms with van der Waals surface area (Å²) in [5, 5.41) is 0. The zero-order valence-corrected chi connectivity index (χ0v) is 12.0. The molecule has 3 N–H and O–H groups in total. The van der Waals surface area contributed by atoms with E-state index in [0.717, 1.165) is 10.9 Å². The lowest BCUT2D eigenvalue weighted by atomic mass is 9.78. The maximum Gasteiger partial charge on any atom is 0.0304 e. The van der Waals surface area contributed by atoms with Gasteiger partial charge < -0.3 is 0 Å². The van der Waals surface area contributed by atoms with Gasteiger partial charge in [0.2, 0.25) is 0 Å². The Morgan fingerprint density at radius 2 is 1.88 bits per heavy atom. The molecule has 17 heavy (non-hydrogen) atoms. The second-order valence-corrected chi connectivity index (χ2v) is 6.33. The number of nitrogens with two attached hydrogens (primary N) is 1. The standard InChI is InChI=1S/C14H21BrN2/c1-14(8-2-3-9-14)13(17-16)10-11-4-6-12(15)7-5-11/h4-7,13,17H,2-3,8-10,16H2,1H3. The van der Waals surface area contributed by atoms with E-state index in [4.69, 9.17) is 5.84 Å². The number of hydrazine groups is 1. The van der Waals surface area contributed by atoms with Crippen LogP contribution < -0.4 is 11.3 Å². The molecule has 1 atom stereocenters. The Morgan fingerprint density at radius 1 is 1.29 bits per heavy atom. The molecule has 1 fully saturated rings. The summed E-state index contributed by atoms with van der Waals surface area (Å²) in [5.41, 5.74) is 4.75. The lowest BCUT2D eigenvalue weighted by molar-refractivity contribution is 0.221. The van der Waals surface area contributed by atoms with E-state index in [1.165, 1.54) is 31.2 Å². The summed E-state index contributed by atoms with van der Waals surface area (Å²) < 4.78 is 1.13. The second-order valence-electron chi connectivity index (χ2n) is 5.41. The molecule has 0 aromatic heterocycles. The number of hydrogen-bond acceptors (Lipinski definition) is 2. The SMILES string of the molecule is CC1(C(Cc2ccc(Br)cc2)NN)CCCC1.